The van der Waals surface area contributed by atoms with Gasteiger partial charge in [-0.25, -0.2) is 0 Å². The summed E-state index contributed by atoms with van der Waals surface area (Å²) in [6, 6.07) is 7.69. The van der Waals surface area contributed by atoms with E-state index in [0.717, 1.165) is 36.9 Å². The Kier molecular flexibility index (Phi) is 6.17. The fraction of sp³-hybridized carbons (Fsp3) is 0.526. The summed E-state index contributed by atoms with van der Waals surface area (Å²) in [7, 11) is 0. The molecule has 6 nitrogen and oxygen atoms in total. The van der Waals surface area contributed by atoms with Crippen LogP contribution in [0.15, 0.2) is 24.3 Å². The molecule has 25 heavy (non-hydrogen) atoms. The normalized spacial score (nSPS) is 22.5. The third-order valence-electron chi connectivity index (χ3n) is 4.49. The summed E-state index contributed by atoms with van der Waals surface area (Å²) < 4.78 is 0. The smallest absolute Gasteiger partial charge is 0.249 e. The summed E-state index contributed by atoms with van der Waals surface area (Å²) in [5.41, 5.74) is 0.748. The van der Waals surface area contributed by atoms with Crippen LogP contribution in [0.1, 0.15) is 45.6 Å². The van der Waals surface area contributed by atoms with Gasteiger partial charge in [-0.1, -0.05) is 31.5 Å². The lowest BCUT2D eigenvalue weighted by Gasteiger charge is -2.26. The van der Waals surface area contributed by atoms with Crippen molar-refractivity contribution in [1.29, 1.82) is 0 Å². The van der Waals surface area contributed by atoms with E-state index in [1.54, 1.807) is 13.8 Å². The fourth-order valence-corrected chi connectivity index (χ4v) is 2.83. The third kappa shape index (κ3) is 5.31. The molecule has 0 aromatic heterocycles. The van der Waals surface area contributed by atoms with Crippen molar-refractivity contribution in [2.75, 3.05) is 11.9 Å². The van der Waals surface area contributed by atoms with E-state index >= 15 is 0 Å². The number of benzene rings is 1. The number of para-hydroxylation sites is 1. The molecular formula is C19H27N3O3. The molecule has 1 atom stereocenters. The number of rotatable bonds is 0. The first kappa shape index (κ1) is 19.0. The van der Waals surface area contributed by atoms with Gasteiger partial charge < -0.3 is 16.0 Å². The van der Waals surface area contributed by atoms with Gasteiger partial charge in [0.15, 0.2) is 0 Å². The molecule has 1 heterocycles. The molecule has 1 aliphatic rings. The van der Waals surface area contributed by atoms with E-state index in [-0.39, 0.29) is 30.2 Å². The van der Waals surface area contributed by atoms with E-state index in [9.17, 15) is 14.4 Å². The van der Waals surface area contributed by atoms with Crippen LogP contribution < -0.4 is 16.0 Å². The van der Waals surface area contributed by atoms with Gasteiger partial charge in [-0.3, -0.25) is 14.4 Å². The fourth-order valence-electron chi connectivity index (χ4n) is 2.83. The average molecular weight is 345 g/mol. The van der Waals surface area contributed by atoms with Crippen LogP contribution in [0.2, 0.25) is 0 Å². The molecule has 0 aliphatic carbocycles. The largest absolute Gasteiger partial charge is 0.347 e. The second-order valence-corrected chi connectivity index (χ2v) is 7.15. The van der Waals surface area contributed by atoms with Crippen molar-refractivity contribution in [3.63, 3.8) is 0 Å². The molecule has 3 N–H and O–H groups in total. The van der Waals surface area contributed by atoms with E-state index < -0.39 is 5.54 Å². The van der Waals surface area contributed by atoms with Crippen LogP contribution in [0, 0.1) is 5.92 Å². The number of fused-ring (bicyclic) bond motifs is 1. The maximum Gasteiger partial charge on any atom is 0.249 e. The molecule has 3 amide bonds. The number of hydrogen-bond donors (Lipinski definition) is 3. The number of aryl methyl sites for hydroxylation is 1. The van der Waals surface area contributed by atoms with Crippen LogP contribution in [0.4, 0.5) is 5.69 Å². The van der Waals surface area contributed by atoms with Crippen molar-refractivity contribution in [3.8, 4) is 0 Å². The van der Waals surface area contributed by atoms with E-state index in [1.165, 1.54) is 0 Å². The Hall–Kier alpha value is -2.37. The summed E-state index contributed by atoms with van der Waals surface area (Å²) in [5, 5.41) is 8.23. The van der Waals surface area contributed by atoms with Crippen LogP contribution in [-0.4, -0.2) is 29.8 Å². The topological polar surface area (TPSA) is 87.3 Å². The van der Waals surface area contributed by atoms with Gasteiger partial charge in [-0.2, -0.15) is 0 Å². The van der Waals surface area contributed by atoms with Crippen LogP contribution in [0.3, 0.4) is 0 Å². The molecule has 1 aromatic carbocycles. The lowest BCUT2D eigenvalue weighted by atomic mass is 9.99. The highest BCUT2D eigenvalue weighted by Gasteiger charge is 2.30. The summed E-state index contributed by atoms with van der Waals surface area (Å²) >= 11 is 0. The maximum atomic E-state index is 12.6. The van der Waals surface area contributed by atoms with Gasteiger partial charge in [-0.15, -0.1) is 0 Å². The minimum atomic E-state index is -1.08. The van der Waals surface area contributed by atoms with Crippen LogP contribution in [-0.2, 0) is 20.8 Å². The van der Waals surface area contributed by atoms with Gasteiger partial charge in [0, 0.05) is 11.6 Å². The van der Waals surface area contributed by atoms with Crippen molar-refractivity contribution >= 4 is 23.4 Å². The van der Waals surface area contributed by atoms with E-state index in [0.29, 0.717) is 0 Å². The molecule has 0 unspecified atom stereocenters. The first-order valence-corrected chi connectivity index (χ1v) is 8.77. The average Bonchev–Trinajstić information content (AvgIpc) is 2.56. The van der Waals surface area contributed by atoms with Crippen LogP contribution in [0.5, 0.6) is 0 Å². The van der Waals surface area contributed by atoms with Crippen LogP contribution in [0.25, 0.3) is 0 Å². The number of carbonyl (C=O) groups is 3. The molecule has 0 saturated carbocycles. The Labute approximate surface area is 148 Å². The van der Waals surface area contributed by atoms with Crippen LogP contribution >= 0.6 is 0 Å². The van der Waals surface area contributed by atoms with Gasteiger partial charge >= 0.3 is 0 Å². The predicted octanol–water partition coefficient (Wildman–Crippen LogP) is 2.00. The second-order valence-electron chi connectivity index (χ2n) is 7.15. The standard InChI is InChI=1S/C19H27N3O3/c1-13-8-4-5-9-14-10-6-7-11-15(14)21-18(25)19(2,3)22-16(23)12-20-17(13)24/h6-7,10-11,13H,4-5,8-9,12H2,1-3H3,(H,20,24)(H,21,25)(H,22,23)/t13-/m0/s1. The van der Waals surface area contributed by atoms with Gasteiger partial charge in [0.05, 0.1) is 6.54 Å². The van der Waals surface area contributed by atoms with Crippen molar-refractivity contribution in [3.05, 3.63) is 29.8 Å². The van der Waals surface area contributed by atoms with Crippen molar-refractivity contribution in [2.45, 2.75) is 52.0 Å². The number of nitrogens with one attached hydrogen (secondary N) is 3. The molecule has 2 rings (SSSR count). The number of carbonyl (C=O) groups excluding carboxylic acids is 3. The van der Waals surface area contributed by atoms with Crippen molar-refractivity contribution < 1.29 is 14.4 Å². The molecule has 0 bridgehead atoms. The zero-order valence-corrected chi connectivity index (χ0v) is 15.1. The highest BCUT2D eigenvalue weighted by atomic mass is 16.2. The van der Waals surface area contributed by atoms with Gasteiger partial charge in [0.2, 0.25) is 17.7 Å². The summed E-state index contributed by atoms with van der Waals surface area (Å²) in [4.78, 5) is 36.7. The first-order valence-electron chi connectivity index (χ1n) is 8.77. The number of amides is 3. The molecule has 0 spiro atoms. The quantitative estimate of drug-likeness (QED) is 0.672. The number of hydrogen-bond acceptors (Lipinski definition) is 3. The van der Waals surface area contributed by atoms with Gasteiger partial charge in [-0.05, 0) is 44.7 Å². The molecule has 0 saturated heterocycles. The van der Waals surface area contributed by atoms with E-state index in [2.05, 4.69) is 16.0 Å². The first-order chi connectivity index (χ1) is 11.8. The van der Waals surface area contributed by atoms with Gasteiger partial charge in [0.1, 0.15) is 5.54 Å². The van der Waals surface area contributed by atoms with Gasteiger partial charge in [0.25, 0.3) is 0 Å². The second kappa shape index (κ2) is 8.14. The van der Waals surface area contributed by atoms with E-state index in [1.807, 2.05) is 31.2 Å². The molecule has 6 heteroatoms. The zero-order chi connectivity index (χ0) is 18.4. The highest BCUT2D eigenvalue weighted by molar-refractivity contribution is 6.00. The van der Waals surface area contributed by atoms with Crippen molar-refractivity contribution in [2.24, 2.45) is 5.92 Å². The SMILES string of the molecule is C[C@H]1CCCCc2ccccc2NC(=O)C(C)(C)NC(=O)CNC1=O. The lowest BCUT2D eigenvalue weighted by Crippen LogP contribution is -2.54. The Morgan fingerprint density at radius 2 is 1.80 bits per heavy atom. The molecule has 1 aromatic rings. The highest BCUT2D eigenvalue weighted by Crippen LogP contribution is 2.20. The predicted molar refractivity (Wildman–Crippen MR) is 97.0 cm³/mol. The molecule has 1 aliphatic heterocycles. The van der Waals surface area contributed by atoms with Crippen molar-refractivity contribution in [1.82, 2.24) is 10.6 Å². The molecule has 136 valence electrons. The van der Waals surface area contributed by atoms with E-state index in [4.69, 9.17) is 0 Å². The Morgan fingerprint density at radius 3 is 2.56 bits per heavy atom. The third-order valence-corrected chi connectivity index (χ3v) is 4.49. The zero-order valence-electron chi connectivity index (χ0n) is 15.1. The number of anilines is 1. The Morgan fingerprint density at radius 1 is 1.08 bits per heavy atom. The Bertz CT molecular complexity index is 655. The molecule has 0 radical (unpaired) electrons. The summed E-state index contributed by atoms with van der Waals surface area (Å²) in [6.45, 7) is 5.03. The minimum absolute atomic E-state index is 0.129. The monoisotopic (exact) mass is 345 g/mol. The summed E-state index contributed by atoms with van der Waals surface area (Å²) in [6.07, 6.45) is 3.45. The molecule has 0 fully saturated rings. The summed E-state index contributed by atoms with van der Waals surface area (Å²) in [5.74, 6) is -0.944. The molecular weight excluding hydrogens is 318 g/mol. The minimum Gasteiger partial charge on any atom is -0.347 e. The Balaban J connectivity index is 2.22. The lowest BCUT2D eigenvalue weighted by molar-refractivity contribution is -0.131. The maximum absolute atomic E-state index is 12.6.